The predicted octanol–water partition coefficient (Wildman–Crippen LogP) is 2.86. The number of hydrogen-bond acceptors (Lipinski definition) is 3. The van der Waals surface area contributed by atoms with Crippen molar-refractivity contribution in [1.82, 2.24) is 5.32 Å². The van der Waals surface area contributed by atoms with Gasteiger partial charge in [0.1, 0.15) is 5.54 Å². The van der Waals surface area contributed by atoms with Crippen LogP contribution in [-0.2, 0) is 4.74 Å². The summed E-state index contributed by atoms with van der Waals surface area (Å²) in [6.07, 6.45) is 4.33. The number of hydrogen-bond donors (Lipinski definition) is 1. The molecule has 0 saturated carbocycles. The van der Waals surface area contributed by atoms with E-state index in [1.165, 1.54) is 0 Å². The van der Waals surface area contributed by atoms with E-state index in [-0.39, 0.29) is 5.54 Å². The predicted molar refractivity (Wildman–Crippen MR) is 67.3 cm³/mol. The Bertz CT molecular complexity index is 210. The largest absolute Gasteiger partial charge is 0.379 e. The van der Waals surface area contributed by atoms with E-state index in [0.29, 0.717) is 6.10 Å². The quantitative estimate of drug-likeness (QED) is 0.615. The highest BCUT2D eigenvalue weighted by Gasteiger charge is 2.21. The van der Waals surface area contributed by atoms with Crippen LogP contribution in [0, 0.1) is 11.3 Å². The number of ether oxygens (including phenoxy) is 1. The molecule has 1 atom stereocenters. The molecule has 0 fully saturated rings. The van der Waals surface area contributed by atoms with E-state index in [4.69, 9.17) is 10.00 Å². The molecule has 0 radical (unpaired) electrons. The first-order chi connectivity index (χ1) is 7.54. The molecule has 0 aromatic heterocycles. The van der Waals surface area contributed by atoms with Gasteiger partial charge in [0.15, 0.2) is 0 Å². The average molecular weight is 226 g/mol. The molecule has 1 N–H and O–H groups in total. The van der Waals surface area contributed by atoms with Gasteiger partial charge < -0.3 is 4.74 Å². The minimum absolute atomic E-state index is 0.306. The zero-order valence-electron chi connectivity index (χ0n) is 11.2. The molecule has 0 heterocycles. The maximum absolute atomic E-state index is 9.11. The van der Waals surface area contributed by atoms with Gasteiger partial charge >= 0.3 is 0 Å². The van der Waals surface area contributed by atoms with Gasteiger partial charge in [-0.2, -0.15) is 5.26 Å². The number of nitriles is 1. The molecule has 0 aromatic carbocycles. The van der Waals surface area contributed by atoms with Crippen LogP contribution in [0.4, 0.5) is 0 Å². The second-order valence-electron chi connectivity index (χ2n) is 4.75. The molecule has 3 nitrogen and oxygen atoms in total. The second kappa shape index (κ2) is 8.55. The van der Waals surface area contributed by atoms with E-state index in [9.17, 15) is 0 Å². The van der Waals surface area contributed by atoms with Crippen molar-refractivity contribution in [3.8, 4) is 6.07 Å². The maximum Gasteiger partial charge on any atom is 0.103 e. The fourth-order valence-corrected chi connectivity index (χ4v) is 1.48. The van der Waals surface area contributed by atoms with Gasteiger partial charge in [-0.15, -0.1) is 0 Å². The van der Waals surface area contributed by atoms with Crippen molar-refractivity contribution in [3.05, 3.63) is 0 Å². The fourth-order valence-electron chi connectivity index (χ4n) is 1.48. The van der Waals surface area contributed by atoms with Gasteiger partial charge in [0.2, 0.25) is 0 Å². The van der Waals surface area contributed by atoms with Crippen molar-refractivity contribution in [2.45, 2.75) is 65.0 Å². The molecule has 1 unspecified atom stereocenters. The van der Waals surface area contributed by atoms with Crippen LogP contribution in [0.5, 0.6) is 0 Å². The third kappa shape index (κ3) is 7.67. The van der Waals surface area contributed by atoms with Crippen LogP contribution in [0.3, 0.4) is 0 Å². The lowest BCUT2D eigenvalue weighted by Gasteiger charge is -2.23. The minimum Gasteiger partial charge on any atom is -0.379 e. The Morgan fingerprint density at radius 2 is 2.06 bits per heavy atom. The van der Waals surface area contributed by atoms with Crippen LogP contribution in [0.15, 0.2) is 0 Å². The zero-order chi connectivity index (χ0) is 12.4. The molecule has 0 aliphatic heterocycles. The number of rotatable bonds is 9. The normalized spacial score (nSPS) is 14.8. The summed E-state index contributed by atoms with van der Waals surface area (Å²) in [5.74, 6) is 0. The van der Waals surface area contributed by atoms with Crippen molar-refractivity contribution in [1.29, 1.82) is 5.26 Å². The summed E-state index contributed by atoms with van der Waals surface area (Å²) in [4.78, 5) is 0. The Balaban J connectivity index is 3.66. The van der Waals surface area contributed by atoms with E-state index in [1.54, 1.807) is 0 Å². The lowest BCUT2D eigenvalue weighted by Crippen LogP contribution is -2.41. The summed E-state index contributed by atoms with van der Waals surface area (Å²) >= 11 is 0. The van der Waals surface area contributed by atoms with Crippen LogP contribution in [0.2, 0.25) is 0 Å². The molecule has 0 rings (SSSR count). The molecule has 0 aliphatic rings. The van der Waals surface area contributed by atoms with E-state index < -0.39 is 0 Å². The van der Waals surface area contributed by atoms with E-state index in [1.807, 2.05) is 20.8 Å². The van der Waals surface area contributed by atoms with Crippen molar-refractivity contribution in [2.75, 3.05) is 13.2 Å². The van der Waals surface area contributed by atoms with Crippen molar-refractivity contribution >= 4 is 0 Å². The highest BCUT2D eigenvalue weighted by molar-refractivity contribution is 5.03. The summed E-state index contributed by atoms with van der Waals surface area (Å²) in [7, 11) is 0. The first kappa shape index (κ1) is 15.4. The molecule has 0 aromatic rings. The summed E-state index contributed by atoms with van der Waals surface area (Å²) in [5.41, 5.74) is -0.367. The number of nitrogens with zero attached hydrogens (tertiary/aromatic N) is 1. The smallest absolute Gasteiger partial charge is 0.103 e. The SMILES string of the molecule is CCCNC(C)(C#N)CCCCOC(C)C. The van der Waals surface area contributed by atoms with Gasteiger partial charge in [0.05, 0.1) is 12.2 Å². The van der Waals surface area contributed by atoms with Crippen LogP contribution < -0.4 is 5.32 Å². The Labute approximate surface area is 100 Å². The molecule has 0 bridgehead atoms. The second-order valence-corrected chi connectivity index (χ2v) is 4.75. The van der Waals surface area contributed by atoms with Crippen molar-refractivity contribution in [2.24, 2.45) is 0 Å². The number of unbranched alkanes of at least 4 members (excludes halogenated alkanes) is 1. The van der Waals surface area contributed by atoms with Crippen molar-refractivity contribution < 1.29 is 4.74 Å². The zero-order valence-corrected chi connectivity index (χ0v) is 11.2. The molecule has 16 heavy (non-hydrogen) atoms. The molecule has 0 aliphatic carbocycles. The minimum atomic E-state index is -0.367. The monoisotopic (exact) mass is 226 g/mol. The van der Waals surface area contributed by atoms with Crippen LogP contribution in [-0.4, -0.2) is 24.8 Å². The maximum atomic E-state index is 9.11. The first-order valence-electron chi connectivity index (χ1n) is 6.32. The van der Waals surface area contributed by atoms with Gasteiger partial charge in [-0.3, -0.25) is 5.32 Å². The van der Waals surface area contributed by atoms with Crippen molar-refractivity contribution in [3.63, 3.8) is 0 Å². The van der Waals surface area contributed by atoms with E-state index in [2.05, 4.69) is 18.3 Å². The van der Waals surface area contributed by atoms with Gasteiger partial charge in [-0.1, -0.05) is 6.92 Å². The Hall–Kier alpha value is -0.590. The molecule has 0 saturated heterocycles. The van der Waals surface area contributed by atoms with Gasteiger partial charge in [0.25, 0.3) is 0 Å². The summed E-state index contributed by atoms with van der Waals surface area (Å²) in [5, 5.41) is 12.4. The Morgan fingerprint density at radius 1 is 1.38 bits per heavy atom. The Kier molecular flexibility index (Phi) is 8.23. The average Bonchev–Trinajstić information content (AvgIpc) is 2.25. The molecule has 0 amide bonds. The molecular weight excluding hydrogens is 200 g/mol. The third-order valence-electron chi connectivity index (χ3n) is 2.53. The first-order valence-corrected chi connectivity index (χ1v) is 6.32. The van der Waals surface area contributed by atoms with Crippen LogP contribution in [0.25, 0.3) is 0 Å². The lowest BCUT2D eigenvalue weighted by atomic mass is 9.96. The summed E-state index contributed by atoms with van der Waals surface area (Å²) in [6, 6.07) is 2.36. The molecule has 3 heteroatoms. The molecule has 94 valence electrons. The highest BCUT2D eigenvalue weighted by atomic mass is 16.5. The lowest BCUT2D eigenvalue weighted by molar-refractivity contribution is 0.0750. The third-order valence-corrected chi connectivity index (χ3v) is 2.53. The standard InChI is InChI=1S/C13H26N2O/c1-5-9-15-13(4,11-14)8-6-7-10-16-12(2)3/h12,15H,5-10H2,1-4H3. The Morgan fingerprint density at radius 3 is 2.56 bits per heavy atom. The topological polar surface area (TPSA) is 45.0 Å². The molecule has 0 spiro atoms. The molecular formula is C13H26N2O. The fraction of sp³-hybridized carbons (Fsp3) is 0.923. The van der Waals surface area contributed by atoms with E-state index >= 15 is 0 Å². The summed E-state index contributed by atoms with van der Waals surface area (Å²) < 4.78 is 5.47. The highest BCUT2D eigenvalue weighted by Crippen LogP contribution is 2.13. The number of nitrogens with one attached hydrogen (secondary N) is 1. The summed E-state index contributed by atoms with van der Waals surface area (Å²) in [6.45, 7) is 9.89. The van der Waals surface area contributed by atoms with E-state index in [0.717, 1.165) is 38.8 Å². The van der Waals surface area contributed by atoms with Gasteiger partial charge in [0, 0.05) is 6.61 Å². The van der Waals surface area contributed by atoms with Crippen LogP contribution in [0.1, 0.15) is 53.4 Å². The van der Waals surface area contributed by atoms with Gasteiger partial charge in [-0.25, -0.2) is 0 Å². The van der Waals surface area contributed by atoms with Gasteiger partial charge in [-0.05, 0) is 53.0 Å². The van der Waals surface area contributed by atoms with Crippen LogP contribution >= 0.6 is 0 Å².